The van der Waals surface area contributed by atoms with Gasteiger partial charge < -0.3 is 9.32 Å². The highest BCUT2D eigenvalue weighted by Crippen LogP contribution is 2.60. The quantitative estimate of drug-likeness (QED) is 0.160. The van der Waals surface area contributed by atoms with Gasteiger partial charge in [0.1, 0.15) is 5.58 Å². The van der Waals surface area contributed by atoms with E-state index in [0.717, 1.165) is 44.6 Å². The lowest BCUT2D eigenvalue weighted by Crippen LogP contribution is -2.28. The Morgan fingerprint density at radius 1 is 0.361 bits per heavy atom. The summed E-state index contributed by atoms with van der Waals surface area (Å²) in [6.07, 6.45) is 0. The Kier molecular flexibility index (Phi) is 8.11. The van der Waals surface area contributed by atoms with E-state index >= 15 is 0 Å². The van der Waals surface area contributed by atoms with Crippen molar-refractivity contribution in [3.63, 3.8) is 0 Å². The molecule has 2 nitrogen and oxygen atoms in total. The van der Waals surface area contributed by atoms with Crippen molar-refractivity contribution in [3.8, 4) is 33.4 Å². The molecule has 11 aromatic rings. The highest BCUT2D eigenvalue weighted by molar-refractivity contribution is 6.12. The molecule has 0 saturated carbocycles. The molecule has 0 unspecified atom stereocenters. The Morgan fingerprint density at radius 3 is 1.72 bits per heavy atom. The molecule has 1 aliphatic carbocycles. The van der Waals surface area contributed by atoms with Gasteiger partial charge in [0.25, 0.3) is 0 Å². The monoisotopic (exact) mass is 777 g/mol. The van der Waals surface area contributed by atoms with Crippen molar-refractivity contribution < 1.29 is 4.42 Å². The molecule has 286 valence electrons. The lowest BCUT2D eigenvalue weighted by atomic mass is 9.68. The predicted octanol–water partition coefficient (Wildman–Crippen LogP) is 15.9. The van der Waals surface area contributed by atoms with Crippen molar-refractivity contribution in [1.82, 2.24) is 0 Å². The first-order valence-electron chi connectivity index (χ1n) is 21.0. The first-order chi connectivity index (χ1) is 30.3. The molecule has 0 bridgehead atoms. The van der Waals surface area contributed by atoms with Gasteiger partial charge in [0, 0.05) is 22.0 Å². The molecule has 12 rings (SSSR count). The summed E-state index contributed by atoms with van der Waals surface area (Å²) in [5, 5.41) is 4.66. The van der Waals surface area contributed by atoms with Crippen LogP contribution in [0.25, 0.3) is 66.1 Å². The minimum Gasteiger partial charge on any atom is -0.454 e. The topological polar surface area (TPSA) is 16.4 Å². The summed E-state index contributed by atoms with van der Waals surface area (Å²) in [7, 11) is 0. The van der Waals surface area contributed by atoms with E-state index in [2.05, 4.69) is 241 Å². The lowest BCUT2D eigenvalue weighted by Gasteiger charge is -2.34. The van der Waals surface area contributed by atoms with Gasteiger partial charge in [-0.25, -0.2) is 0 Å². The Labute approximate surface area is 355 Å². The van der Waals surface area contributed by atoms with Gasteiger partial charge in [-0.05, 0) is 97.2 Å². The molecule has 0 saturated heterocycles. The first kappa shape index (κ1) is 35.0. The number of fused-ring (bicyclic) bond motifs is 7. The van der Waals surface area contributed by atoms with Crippen LogP contribution >= 0.6 is 0 Å². The second-order valence-electron chi connectivity index (χ2n) is 16.0. The van der Waals surface area contributed by atoms with Crippen LogP contribution < -0.4 is 4.90 Å². The molecular formula is C59H39NO. The summed E-state index contributed by atoms with van der Waals surface area (Å²) in [6.45, 7) is 0. The summed E-state index contributed by atoms with van der Waals surface area (Å²) in [4.78, 5) is 2.43. The summed E-state index contributed by atoms with van der Waals surface area (Å²) < 4.78 is 6.97. The van der Waals surface area contributed by atoms with E-state index in [1.807, 2.05) is 0 Å². The Balaban J connectivity index is 1.13. The second kappa shape index (κ2) is 14.1. The SMILES string of the molecule is c1ccc(-c2ccc3oc4c(N(c5ccc(-c6cccc7ccccc67)cc5)c5cccc6c5-c5ccccc5C6(c5ccccc5)c5ccccc5)cccc4c3c2)cc1. The molecule has 0 spiro atoms. The van der Waals surface area contributed by atoms with Crippen LogP contribution in [0.15, 0.2) is 241 Å². The van der Waals surface area contributed by atoms with Gasteiger partial charge in [0.2, 0.25) is 0 Å². The molecule has 1 heterocycles. The molecule has 61 heavy (non-hydrogen) atoms. The van der Waals surface area contributed by atoms with Gasteiger partial charge in [-0.15, -0.1) is 0 Å². The molecule has 0 fully saturated rings. The number of hydrogen-bond donors (Lipinski definition) is 0. The van der Waals surface area contributed by atoms with Crippen molar-refractivity contribution in [3.05, 3.63) is 259 Å². The van der Waals surface area contributed by atoms with E-state index < -0.39 is 5.41 Å². The number of para-hydroxylation sites is 1. The molecule has 1 aromatic heterocycles. The van der Waals surface area contributed by atoms with Crippen LogP contribution in [0.3, 0.4) is 0 Å². The average Bonchev–Trinajstić information content (AvgIpc) is 3.87. The summed E-state index contributed by atoms with van der Waals surface area (Å²) >= 11 is 0. The molecule has 10 aromatic carbocycles. The van der Waals surface area contributed by atoms with E-state index in [9.17, 15) is 0 Å². The van der Waals surface area contributed by atoms with E-state index in [4.69, 9.17) is 4.42 Å². The Hall–Kier alpha value is -7.94. The fraction of sp³-hybridized carbons (Fsp3) is 0.0169. The van der Waals surface area contributed by atoms with Crippen LogP contribution in [0.1, 0.15) is 22.3 Å². The average molecular weight is 778 g/mol. The minimum atomic E-state index is -0.534. The number of nitrogens with zero attached hydrogens (tertiary/aromatic N) is 1. The molecule has 1 aliphatic rings. The maximum atomic E-state index is 6.97. The molecule has 2 heteroatoms. The number of anilines is 3. The third kappa shape index (κ3) is 5.43. The van der Waals surface area contributed by atoms with Gasteiger partial charge in [-0.3, -0.25) is 0 Å². The van der Waals surface area contributed by atoms with E-state index in [1.165, 1.54) is 60.8 Å². The van der Waals surface area contributed by atoms with E-state index in [-0.39, 0.29) is 0 Å². The van der Waals surface area contributed by atoms with Gasteiger partial charge in [-0.2, -0.15) is 0 Å². The fourth-order valence-electron chi connectivity index (χ4n) is 10.1. The number of benzene rings is 10. The predicted molar refractivity (Wildman–Crippen MR) is 254 cm³/mol. The second-order valence-corrected chi connectivity index (χ2v) is 16.0. The lowest BCUT2D eigenvalue weighted by molar-refractivity contribution is 0.669. The zero-order valence-electron chi connectivity index (χ0n) is 33.4. The third-order valence-corrected chi connectivity index (χ3v) is 12.8. The van der Waals surface area contributed by atoms with Crippen LogP contribution in [0.5, 0.6) is 0 Å². The molecule has 0 aliphatic heterocycles. The van der Waals surface area contributed by atoms with Gasteiger partial charge in [0.05, 0.1) is 16.8 Å². The standard InChI is InChI=1S/C59H39NO/c1-4-17-40(18-5-1)43-35-38-56-51(39-43)49-28-15-32-55(58(49)61-56)60(46-36-33-42(34-37-46)48-27-14-20-41-19-10-11-25-47(41)48)54-31-16-30-53-57(54)50-26-12-13-29-52(50)59(53,44-21-6-2-7-22-44)45-23-8-3-9-24-45/h1-39H. The van der Waals surface area contributed by atoms with E-state index in [1.54, 1.807) is 0 Å². The van der Waals surface area contributed by atoms with Crippen LogP contribution in [0, 0.1) is 0 Å². The number of hydrogen-bond acceptors (Lipinski definition) is 2. The Bertz CT molecular complexity index is 3360. The van der Waals surface area contributed by atoms with Crippen LogP contribution in [0.4, 0.5) is 17.1 Å². The summed E-state index contributed by atoms with van der Waals surface area (Å²) in [5.41, 5.74) is 16.5. The zero-order chi connectivity index (χ0) is 40.3. The van der Waals surface area contributed by atoms with Gasteiger partial charge >= 0.3 is 0 Å². The highest BCUT2D eigenvalue weighted by atomic mass is 16.3. The summed E-state index contributed by atoms with van der Waals surface area (Å²) in [6, 6.07) is 85.9. The molecule has 0 atom stereocenters. The molecular weight excluding hydrogens is 739 g/mol. The molecule has 0 radical (unpaired) electrons. The maximum Gasteiger partial charge on any atom is 0.159 e. The summed E-state index contributed by atoms with van der Waals surface area (Å²) in [5.74, 6) is 0. The molecule has 0 N–H and O–H groups in total. The van der Waals surface area contributed by atoms with Crippen molar-refractivity contribution in [2.24, 2.45) is 0 Å². The fourth-order valence-corrected chi connectivity index (χ4v) is 10.1. The van der Waals surface area contributed by atoms with Crippen molar-refractivity contribution in [1.29, 1.82) is 0 Å². The smallest absolute Gasteiger partial charge is 0.159 e. The Morgan fingerprint density at radius 2 is 0.934 bits per heavy atom. The minimum absolute atomic E-state index is 0.534. The zero-order valence-corrected chi connectivity index (χ0v) is 33.4. The van der Waals surface area contributed by atoms with Crippen LogP contribution in [-0.4, -0.2) is 0 Å². The number of furan rings is 1. The van der Waals surface area contributed by atoms with Gasteiger partial charge in [-0.1, -0.05) is 200 Å². The normalized spacial score (nSPS) is 12.7. The van der Waals surface area contributed by atoms with Gasteiger partial charge in [0.15, 0.2) is 5.58 Å². The first-order valence-corrected chi connectivity index (χ1v) is 21.0. The van der Waals surface area contributed by atoms with Crippen molar-refractivity contribution >= 4 is 49.8 Å². The van der Waals surface area contributed by atoms with E-state index in [0.29, 0.717) is 0 Å². The third-order valence-electron chi connectivity index (χ3n) is 12.8. The number of rotatable bonds is 7. The van der Waals surface area contributed by atoms with Crippen molar-refractivity contribution in [2.45, 2.75) is 5.41 Å². The molecule has 0 amide bonds. The maximum absolute atomic E-state index is 6.97. The van der Waals surface area contributed by atoms with Crippen molar-refractivity contribution in [2.75, 3.05) is 4.90 Å². The highest BCUT2D eigenvalue weighted by Gasteiger charge is 2.47. The van der Waals surface area contributed by atoms with Crippen LogP contribution in [-0.2, 0) is 5.41 Å². The largest absolute Gasteiger partial charge is 0.454 e. The van der Waals surface area contributed by atoms with Crippen LogP contribution in [0.2, 0.25) is 0 Å².